The van der Waals surface area contributed by atoms with Gasteiger partial charge in [0.2, 0.25) is 0 Å². The van der Waals surface area contributed by atoms with Gasteiger partial charge in [0.05, 0.1) is 33.9 Å². The first kappa shape index (κ1) is 37.8. The Morgan fingerprint density at radius 1 is 0.812 bits per heavy atom. The van der Waals surface area contributed by atoms with Gasteiger partial charge < -0.3 is 28.6 Å². The Morgan fingerprint density at radius 3 is 2.04 bits per heavy atom. The summed E-state index contributed by atoms with van der Waals surface area (Å²) in [6.07, 6.45) is 14.2. The zero-order valence-corrected chi connectivity index (χ0v) is 30.9. The highest BCUT2D eigenvalue weighted by molar-refractivity contribution is 5.77. The lowest BCUT2D eigenvalue weighted by Gasteiger charge is -2.43. The monoisotopic (exact) mass is 666 g/mol. The van der Waals surface area contributed by atoms with Gasteiger partial charge in [-0.3, -0.25) is 9.69 Å². The Labute approximate surface area is 290 Å². The van der Waals surface area contributed by atoms with Gasteiger partial charge in [0.15, 0.2) is 23.0 Å². The van der Waals surface area contributed by atoms with Crippen LogP contribution in [0.5, 0.6) is 23.0 Å². The molecule has 2 aromatic rings. The molecule has 2 aromatic carbocycles. The summed E-state index contributed by atoms with van der Waals surface area (Å²) >= 11 is 0. The Hall–Kier alpha value is -2.97. The molecule has 0 spiro atoms. The Balaban J connectivity index is 0.000000220. The number of carbonyl (C=O) groups is 1. The highest BCUT2D eigenvalue weighted by Gasteiger charge is 2.47. The van der Waals surface area contributed by atoms with Crippen molar-refractivity contribution < 1.29 is 28.5 Å². The quantitative estimate of drug-likeness (QED) is 0.200. The molecule has 1 heterocycles. The van der Waals surface area contributed by atoms with Crippen LogP contribution in [0.15, 0.2) is 30.3 Å². The highest BCUT2D eigenvalue weighted by Crippen LogP contribution is 2.49. The van der Waals surface area contributed by atoms with E-state index in [0.29, 0.717) is 12.5 Å². The molecule has 8 nitrogen and oxygen atoms in total. The molecule has 8 heteroatoms. The number of hydrogen-bond acceptors (Lipinski definition) is 8. The average Bonchev–Trinajstić information content (AvgIpc) is 3.14. The minimum atomic E-state index is -0.137. The van der Waals surface area contributed by atoms with Crippen molar-refractivity contribution >= 4 is 5.97 Å². The maximum absolute atomic E-state index is 12.9. The normalized spacial score (nSPS) is 19.5. The molecule has 0 radical (unpaired) electrons. The van der Waals surface area contributed by atoms with Crippen molar-refractivity contribution in [3.63, 3.8) is 0 Å². The predicted octanol–water partition coefficient (Wildman–Crippen LogP) is 7.89. The summed E-state index contributed by atoms with van der Waals surface area (Å²) in [5.41, 5.74) is 3.70. The average molecular weight is 667 g/mol. The van der Waals surface area contributed by atoms with E-state index in [2.05, 4.69) is 55.0 Å². The van der Waals surface area contributed by atoms with Crippen molar-refractivity contribution in [1.82, 2.24) is 9.80 Å². The lowest BCUT2D eigenvalue weighted by molar-refractivity contribution is -0.164. The fraction of sp³-hybridized carbons (Fsp3) is 0.675. The maximum Gasteiger partial charge on any atom is 0.312 e. The van der Waals surface area contributed by atoms with Gasteiger partial charge in [0, 0.05) is 19.1 Å². The van der Waals surface area contributed by atoms with Crippen LogP contribution in [-0.4, -0.2) is 84.0 Å². The van der Waals surface area contributed by atoms with Gasteiger partial charge in [-0.2, -0.15) is 0 Å². The fourth-order valence-corrected chi connectivity index (χ4v) is 8.22. The van der Waals surface area contributed by atoms with Crippen LogP contribution in [-0.2, 0) is 22.4 Å². The summed E-state index contributed by atoms with van der Waals surface area (Å²) in [7, 11) is 8.86. The fourth-order valence-electron chi connectivity index (χ4n) is 8.22. The van der Waals surface area contributed by atoms with Gasteiger partial charge in [-0.05, 0) is 106 Å². The number of fused-ring (bicyclic) bond motifs is 1. The minimum Gasteiger partial charge on any atom is -0.493 e. The number of esters is 1. The molecule has 2 saturated carbocycles. The van der Waals surface area contributed by atoms with Crippen molar-refractivity contribution in [2.45, 2.75) is 96.9 Å². The summed E-state index contributed by atoms with van der Waals surface area (Å²) in [5, 5.41) is 0. The SMILES string of the molecule is CCN(CC)CCOC(=O)C1(C2CCCCC2)CCCCC1.COc1ccc(CC2c3cc(OC)c(OC)cc3CCN2C)cc1OC. The van der Waals surface area contributed by atoms with Crippen molar-refractivity contribution in [3.05, 3.63) is 47.0 Å². The molecule has 2 fully saturated rings. The number of benzene rings is 2. The number of nitrogens with zero attached hydrogens (tertiary/aromatic N) is 2. The molecule has 5 rings (SSSR count). The molecule has 0 N–H and O–H groups in total. The van der Waals surface area contributed by atoms with Crippen molar-refractivity contribution in [1.29, 1.82) is 0 Å². The second-order valence-corrected chi connectivity index (χ2v) is 13.8. The summed E-state index contributed by atoms with van der Waals surface area (Å²) in [4.78, 5) is 17.7. The molecule has 1 atom stereocenters. The summed E-state index contributed by atoms with van der Waals surface area (Å²) < 4.78 is 27.6. The summed E-state index contributed by atoms with van der Waals surface area (Å²) in [5.74, 6) is 3.80. The third-order valence-electron chi connectivity index (χ3n) is 11.2. The lowest BCUT2D eigenvalue weighted by atomic mass is 9.62. The minimum absolute atomic E-state index is 0.131. The van der Waals surface area contributed by atoms with E-state index in [9.17, 15) is 4.79 Å². The molecule has 268 valence electrons. The highest BCUT2D eigenvalue weighted by atomic mass is 16.5. The molecule has 1 unspecified atom stereocenters. The number of rotatable bonds is 13. The summed E-state index contributed by atoms with van der Waals surface area (Å²) in [6, 6.07) is 10.6. The largest absolute Gasteiger partial charge is 0.493 e. The molecule has 48 heavy (non-hydrogen) atoms. The first-order valence-electron chi connectivity index (χ1n) is 18.4. The van der Waals surface area contributed by atoms with Gasteiger partial charge >= 0.3 is 5.97 Å². The van der Waals surface area contributed by atoms with Crippen LogP contribution >= 0.6 is 0 Å². The number of ether oxygens (including phenoxy) is 5. The first-order chi connectivity index (χ1) is 23.3. The van der Waals surface area contributed by atoms with Crippen LogP contribution in [0.1, 0.15) is 101 Å². The van der Waals surface area contributed by atoms with Crippen LogP contribution in [0.3, 0.4) is 0 Å². The van der Waals surface area contributed by atoms with Crippen LogP contribution in [0.2, 0.25) is 0 Å². The van der Waals surface area contributed by atoms with Crippen LogP contribution in [0.4, 0.5) is 0 Å². The second-order valence-electron chi connectivity index (χ2n) is 13.8. The molecular formula is C40H62N2O6. The number of methoxy groups -OCH3 is 4. The molecule has 2 aliphatic carbocycles. The third-order valence-corrected chi connectivity index (χ3v) is 11.2. The Morgan fingerprint density at radius 2 is 1.42 bits per heavy atom. The topological polar surface area (TPSA) is 69.7 Å². The second kappa shape index (κ2) is 18.7. The number of likely N-dealkylation sites (N-methyl/N-ethyl adjacent to an activating group) is 2. The van der Waals surface area contributed by atoms with Crippen molar-refractivity contribution in [3.8, 4) is 23.0 Å². The van der Waals surface area contributed by atoms with E-state index in [1.807, 2.05) is 6.07 Å². The molecule has 0 saturated heterocycles. The Kier molecular flexibility index (Phi) is 14.7. The molecule has 3 aliphatic rings. The standard InChI is InChI=1S/C21H27NO4.C19H35NO2/c1-22-9-8-15-12-20(25-4)21(26-5)13-16(15)17(22)10-14-6-7-18(23-2)19(11-14)24-3;1-3-20(4-2)15-16-22-18(21)19(13-9-6-10-14-19)17-11-7-5-8-12-17/h6-7,11-13,17H,8-10H2,1-5H3;17H,3-16H2,1-2H3. The molecule has 0 amide bonds. The molecule has 0 aromatic heterocycles. The van der Waals surface area contributed by atoms with E-state index in [-0.39, 0.29) is 17.4 Å². The van der Waals surface area contributed by atoms with E-state index >= 15 is 0 Å². The van der Waals surface area contributed by atoms with E-state index in [0.717, 1.165) is 74.9 Å². The molecule has 1 aliphatic heterocycles. The van der Waals surface area contributed by atoms with Gasteiger partial charge in [-0.1, -0.05) is 58.4 Å². The predicted molar refractivity (Wildman–Crippen MR) is 193 cm³/mol. The van der Waals surface area contributed by atoms with E-state index in [1.165, 1.54) is 68.1 Å². The zero-order valence-electron chi connectivity index (χ0n) is 30.9. The van der Waals surface area contributed by atoms with E-state index < -0.39 is 0 Å². The van der Waals surface area contributed by atoms with E-state index in [1.54, 1.807) is 28.4 Å². The van der Waals surface area contributed by atoms with Gasteiger partial charge in [-0.25, -0.2) is 0 Å². The Bertz CT molecular complexity index is 1280. The zero-order chi connectivity index (χ0) is 34.5. The van der Waals surface area contributed by atoms with Crippen LogP contribution in [0.25, 0.3) is 0 Å². The number of carbonyl (C=O) groups excluding carboxylic acids is 1. The van der Waals surface area contributed by atoms with E-state index in [4.69, 9.17) is 23.7 Å². The molecule has 0 bridgehead atoms. The lowest BCUT2D eigenvalue weighted by Crippen LogP contribution is -2.43. The van der Waals surface area contributed by atoms with Gasteiger partial charge in [0.1, 0.15) is 6.61 Å². The van der Waals surface area contributed by atoms with Crippen molar-refractivity contribution in [2.75, 3.05) is 68.3 Å². The first-order valence-corrected chi connectivity index (χ1v) is 18.4. The van der Waals surface area contributed by atoms with Crippen molar-refractivity contribution in [2.24, 2.45) is 11.3 Å². The number of hydrogen-bond donors (Lipinski definition) is 0. The van der Waals surface area contributed by atoms with Gasteiger partial charge in [-0.15, -0.1) is 0 Å². The maximum atomic E-state index is 12.9. The van der Waals surface area contributed by atoms with Gasteiger partial charge in [0.25, 0.3) is 0 Å². The van der Waals surface area contributed by atoms with Crippen LogP contribution in [0, 0.1) is 11.3 Å². The third kappa shape index (κ3) is 9.17. The van der Waals surface area contributed by atoms with Crippen LogP contribution < -0.4 is 18.9 Å². The summed E-state index contributed by atoms with van der Waals surface area (Å²) in [6.45, 7) is 8.84. The molecular weight excluding hydrogens is 604 g/mol. The smallest absolute Gasteiger partial charge is 0.312 e.